The van der Waals surface area contributed by atoms with Crippen molar-refractivity contribution in [3.63, 3.8) is 0 Å². The second-order valence-corrected chi connectivity index (χ2v) is 5.88. The van der Waals surface area contributed by atoms with Crippen molar-refractivity contribution in [3.05, 3.63) is 12.2 Å². The predicted molar refractivity (Wildman–Crippen MR) is 77.1 cm³/mol. The van der Waals surface area contributed by atoms with E-state index in [1.807, 2.05) is 4.68 Å². The Morgan fingerprint density at radius 3 is 2.53 bits per heavy atom. The fraction of sp³-hybridized carbons (Fsp3) is 0.857. The van der Waals surface area contributed by atoms with E-state index >= 15 is 0 Å². The highest BCUT2D eigenvalue weighted by Crippen LogP contribution is 2.26. The maximum atomic E-state index is 5.73. The Labute approximate surface area is 116 Å². The Hall–Kier alpha value is -0.940. The third-order valence-corrected chi connectivity index (χ3v) is 3.34. The van der Waals surface area contributed by atoms with Crippen LogP contribution in [-0.2, 0) is 17.7 Å². The number of likely N-dealkylation sites (N-methyl/N-ethyl adjacent to an activating group) is 1. The van der Waals surface area contributed by atoms with E-state index in [1.54, 1.807) is 13.4 Å². The molecule has 0 saturated heterocycles. The van der Waals surface area contributed by atoms with Gasteiger partial charge in [-0.05, 0) is 18.9 Å². The van der Waals surface area contributed by atoms with E-state index in [9.17, 15) is 0 Å². The molecule has 5 heteroatoms. The molecule has 2 atom stereocenters. The maximum Gasteiger partial charge on any atom is 0.138 e. The van der Waals surface area contributed by atoms with Gasteiger partial charge in [0.15, 0.2) is 0 Å². The van der Waals surface area contributed by atoms with Crippen LogP contribution in [0.2, 0.25) is 0 Å². The minimum Gasteiger partial charge on any atom is -0.379 e. The number of ether oxygens (including phenoxy) is 1. The molecule has 1 N–H and O–H groups in total. The van der Waals surface area contributed by atoms with Crippen LogP contribution >= 0.6 is 0 Å². The number of rotatable bonds is 7. The molecule has 0 radical (unpaired) electrons. The number of aromatic nitrogens is 3. The lowest BCUT2D eigenvalue weighted by molar-refractivity contribution is -0.0112. The van der Waals surface area contributed by atoms with Crippen LogP contribution in [0.15, 0.2) is 6.33 Å². The summed E-state index contributed by atoms with van der Waals surface area (Å²) < 4.78 is 7.68. The van der Waals surface area contributed by atoms with Crippen molar-refractivity contribution in [2.24, 2.45) is 5.41 Å². The topological polar surface area (TPSA) is 52.0 Å². The predicted octanol–water partition coefficient (Wildman–Crippen LogP) is 1.88. The zero-order valence-corrected chi connectivity index (χ0v) is 13.1. The minimum absolute atomic E-state index is 0.0820. The molecule has 1 aromatic rings. The first-order valence-electron chi connectivity index (χ1n) is 7.06. The summed E-state index contributed by atoms with van der Waals surface area (Å²) in [5, 5.41) is 7.76. The quantitative estimate of drug-likeness (QED) is 0.820. The summed E-state index contributed by atoms with van der Waals surface area (Å²) >= 11 is 0. The van der Waals surface area contributed by atoms with E-state index in [1.165, 1.54) is 0 Å². The Kier molecular flexibility index (Phi) is 5.94. The van der Waals surface area contributed by atoms with E-state index in [0.717, 1.165) is 25.3 Å². The number of methoxy groups -OCH3 is 1. The normalized spacial score (nSPS) is 15.5. The molecule has 5 nitrogen and oxygen atoms in total. The van der Waals surface area contributed by atoms with Crippen LogP contribution in [0.4, 0.5) is 0 Å². The average molecular weight is 268 g/mol. The van der Waals surface area contributed by atoms with Gasteiger partial charge in [0, 0.05) is 26.1 Å². The highest BCUT2D eigenvalue weighted by molar-refractivity contribution is 4.95. The molecule has 2 unspecified atom stereocenters. The van der Waals surface area contributed by atoms with Gasteiger partial charge in [-0.25, -0.2) is 4.98 Å². The Morgan fingerprint density at radius 1 is 1.37 bits per heavy atom. The summed E-state index contributed by atoms with van der Waals surface area (Å²) in [5.74, 6) is 1.01. The molecule has 0 saturated carbocycles. The minimum atomic E-state index is 0.0820. The van der Waals surface area contributed by atoms with Gasteiger partial charge in [0.05, 0.1) is 6.10 Å². The molecule has 0 bridgehead atoms. The molecular formula is C14H28N4O. The molecule has 0 aliphatic rings. The van der Waals surface area contributed by atoms with Gasteiger partial charge in [-0.15, -0.1) is 0 Å². The van der Waals surface area contributed by atoms with Gasteiger partial charge in [-0.2, -0.15) is 5.10 Å². The SMILES string of the molecule is CCNC(Cc1ncnn1CC)C(OC)C(C)(C)C. The Morgan fingerprint density at radius 2 is 2.05 bits per heavy atom. The van der Waals surface area contributed by atoms with Crippen molar-refractivity contribution in [1.29, 1.82) is 0 Å². The van der Waals surface area contributed by atoms with Crippen LogP contribution in [-0.4, -0.2) is 40.6 Å². The lowest BCUT2D eigenvalue weighted by atomic mass is 9.83. The molecule has 110 valence electrons. The van der Waals surface area contributed by atoms with E-state index < -0.39 is 0 Å². The number of hydrogen-bond acceptors (Lipinski definition) is 4. The Bertz CT molecular complexity index is 370. The summed E-state index contributed by atoms with van der Waals surface area (Å²) in [6.07, 6.45) is 2.59. The molecule has 1 heterocycles. The van der Waals surface area contributed by atoms with Crippen LogP contribution < -0.4 is 5.32 Å². The van der Waals surface area contributed by atoms with Crippen molar-refractivity contribution in [2.75, 3.05) is 13.7 Å². The zero-order chi connectivity index (χ0) is 14.5. The molecule has 0 aliphatic carbocycles. The van der Waals surface area contributed by atoms with Gasteiger partial charge in [0.2, 0.25) is 0 Å². The first-order chi connectivity index (χ1) is 8.93. The number of aryl methyl sites for hydroxylation is 1. The van der Waals surface area contributed by atoms with E-state index in [0.29, 0.717) is 0 Å². The highest BCUT2D eigenvalue weighted by atomic mass is 16.5. The fourth-order valence-corrected chi connectivity index (χ4v) is 2.58. The van der Waals surface area contributed by atoms with Crippen LogP contribution in [0, 0.1) is 5.41 Å². The summed E-state index contributed by atoms with van der Waals surface area (Å²) in [7, 11) is 1.78. The Balaban J connectivity index is 2.88. The average Bonchev–Trinajstić information content (AvgIpc) is 2.75. The van der Waals surface area contributed by atoms with Gasteiger partial charge >= 0.3 is 0 Å². The maximum absolute atomic E-state index is 5.73. The molecule has 0 amide bonds. The van der Waals surface area contributed by atoms with Gasteiger partial charge in [-0.3, -0.25) is 4.68 Å². The molecule has 1 rings (SSSR count). The summed E-state index contributed by atoms with van der Waals surface area (Å²) in [6, 6.07) is 0.240. The third kappa shape index (κ3) is 4.28. The third-order valence-electron chi connectivity index (χ3n) is 3.34. The van der Waals surface area contributed by atoms with E-state index in [2.05, 4.69) is 50.0 Å². The van der Waals surface area contributed by atoms with Gasteiger partial charge < -0.3 is 10.1 Å². The van der Waals surface area contributed by atoms with Crippen LogP contribution in [0.25, 0.3) is 0 Å². The van der Waals surface area contributed by atoms with E-state index in [4.69, 9.17) is 4.74 Å². The smallest absolute Gasteiger partial charge is 0.138 e. The first kappa shape index (κ1) is 16.1. The lowest BCUT2D eigenvalue weighted by Crippen LogP contribution is -2.49. The van der Waals surface area contributed by atoms with Gasteiger partial charge in [-0.1, -0.05) is 27.7 Å². The number of nitrogens with one attached hydrogen (secondary N) is 1. The molecule has 0 aromatic carbocycles. The van der Waals surface area contributed by atoms with E-state index in [-0.39, 0.29) is 17.6 Å². The molecular weight excluding hydrogens is 240 g/mol. The van der Waals surface area contributed by atoms with Gasteiger partial charge in [0.25, 0.3) is 0 Å². The second kappa shape index (κ2) is 7.01. The summed E-state index contributed by atoms with van der Waals surface area (Å²) in [5.41, 5.74) is 0.0820. The van der Waals surface area contributed by atoms with Crippen LogP contribution in [0.5, 0.6) is 0 Å². The first-order valence-corrected chi connectivity index (χ1v) is 7.06. The van der Waals surface area contributed by atoms with Crippen molar-refractivity contribution in [3.8, 4) is 0 Å². The van der Waals surface area contributed by atoms with Crippen molar-refractivity contribution >= 4 is 0 Å². The molecule has 19 heavy (non-hydrogen) atoms. The monoisotopic (exact) mass is 268 g/mol. The van der Waals surface area contributed by atoms with Gasteiger partial charge in [0.1, 0.15) is 12.2 Å². The fourth-order valence-electron chi connectivity index (χ4n) is 2.58. The molecule has 0 aliphatic heterocycles. The number of hydrogen-bond donors (Lipinski definition) is 1. The second-order valence-electron chi connectivity index (χ2n) is 5.88. The van der Waals surface area contributed by atoms with Crippen molar-refractivity contribution in [1.82, 2.24) is 20.1 Å². The summed E-state index contributed by atoms with van der Waals surface area (Å²) in [6.45, 7) is 12.6. The molecule has 1 aromatic heterocycles. The van der Waals surface area contributed by atoms with Crippen molar-refractivity contribution in [2.45, 2.75) is 59.7 Å². The van der Waals surface area contributed by atoms with Crippen molar-refractivity contribution < 1.29 is 4.74 Å². The largest absolute Gasteiger partial charge is 0.379 e. The highest BCUT2D eigenvalue weighted by Gasteiger charge is 2.32. The standard InChI is InChI=1S/C14H28N4O/c1-7-15-11(13(19-6)14(3,4)5)9-12-16-10-17-18(12)8-2/h10-11,13,15H,7-9H2,1-6H3. The number of nitrogens with zero attached hydrogens (tertiary/aromatic N) is 3. The zero-order valence-electron chi connectivity index (χ0n) is 13.1. The van der Waals surface area contributed by atoms with Crippen LogP contribution in [0.1, 0.15) is 40.4 Å². The molecule has 0 fully saturated rings. The molecule has 0 spiro atoms. The lowest BCUT2D eigenvalue weighted by Gasteiger charge is -2.36. The summed E-state index contributed by atoms with van der Waals surface area (Å²) in [4.78, 5) is 4.36. The van der Waals surface area contributed by atoms with Crippen LogP contribution in [0.3, 0.4) is 0 Å².